The summed E-state index contributed by atoms with van der Waals surface area (Å²) < 4.78 is 10.5. The van der Waals surface area contributed by atoms with Crippen LogP contribution in [0.1, 0.15) is 16.8 Å². The number of hydrogen-bond acceptors (Lipinski definition) is 3. The van der Waals surface area contributed by atoms with Gasteiger partial charge in [0.25, 0.3) is 0 Å². The van der Waals surface area contributed by atoms with E-state index in [1.807, 2.05) is 18.2 Å². The number of hydrogen-bond donors (Lipinski definition) is 0. The molecule has 0 radical (unpaired) electrons. The lowest BCUT2D eigenvalue weighted by molar-refractivity contribution is 0.0399. The molecule has 15 heavy (non-hydrogen) atoms. The van der Waals surface area contributed by atoms with Crippen LogP contribution in [0.2, 0.25) is 0 Å². The summed E-state index contributed by atoms with van der Waals surface area (Å²) >= 11 is 0. The predicted molar refractivity (Wildman–Crippen MR) is 53.5 cm³/mol. The Morgan fingerprint density at radius 1 is 1.40 bits per heavy atom. The highest BCUT2D eigenvalue weighted by Gasteiger charge is 2.56. The van der Waals surface area contributed by atoms with Crippen molar-refractivity contribution in [3.63, 3.8) is 0 Å². The van der Waals surface area contributed by atoms with E-state index in [0.29, 0.717) is 30.3 Å². The number of benzene rings is 1. The molecule has 3 nitrogen and oxygen atoms in total. The van der Waals surface area contributed by atoms with Gasteiger partial charge in [0.1, 0.15) is 0 Å². The summed E-state index contributed by atoms with van der Waals surface area (Å²) in [6.45, 7) is 0.495. The van der Waals surface area contributed by atoms with E-state index in [1.165, 1.54) is 0 Å². The molecule has 1 aromatic carbocycles. The van der Waals surface area contributed by atoms with Gasteiger partial charge in [-0.2, -0.15) is 0 Å². The zero-order valence-electron chi connectivity index (χ0n) is 8.26. The topological polar surface area (TPSA) is 38.8 Å². The van der Waals surface area contributed by atoms with Crippen molar-refractivity contribution in [2.45, 2.75) is 18.6 Å². The molecule has 0 N–H and O–H groups in total. The fraction of sp³-hybridized carbons (Fsp3) is 0.417. The van der Waals surface area contributed by atoms with Gasteiger partial charge < -0.3 is 9.47 Å². The number of esters is 1. The van der Waals surface area contributed by atoms with Crippen molar-refractivity contribution in [2.24, 2.45) is 5.92 Å². The summed E-state index contributed by atoms with van der Waals surface area (Å²) in [4.78, 5) is 11.5. The van der Waals surface area contributed by atoms with E-state index < -0.39 is 0 Å². The van der Waals surface area contributed by atoms with Crippen LogP contribution in [-0.4, -0.2) is 24.8 Å². The molecule has 0 amide bonds. The first kappa shape index (κ1) is 8.92. The van der Waals surface area contributed by atoms with E-state index in [4.69, 9.17) is 9.47 Å². The minimum Gasteiger partial charge on any atom is -0.462 e. The fourth-order valence-corrected chi connectivity index (χ4v) is 2.00. The Balaban J connectivity index is 1.52. The molecule has 3 atom stereocenters. The van der Waals surface area contributed by atoms with Crippen molar-refractivity contribution in [3.05, 3.63) is 35.9 Å². The molecule has 2 aliphatic rings. The Bertz CT molecular complexity index is 374. The molecule has 1 aliphatic carbocycles. The number of carbonyl (C=O) groups excluding carboxylic acids is 1. The second-order valence-corrected chi connectivity index (χ2v) is 4.10. The van der Waals surface area contributed by atoms with Crippen LogP contribution >= 0.6 is 0 Å². The molecule has 1 aliphatic heterocycles. The summed E-state index contributed by atoms with van der Waals surface area (Å²) in [5.74, 6) is 0.197. The molecule has 3 heteroatoms. The largest absolute Gasteiger partial charge is 0.462 e. The maximum atomic E-state index is 11.5. The lowest BCUT2D eigenvalue weighted by Crippen LogP contribution is -2.29. The van der Waals surface area contributed by atoms with Crippen molar-refractivity contribution in [1.82, 2.24) is 0 Å². The monoisotopic (exact) mass is 204 g/mol. The third-order valence-electron chi connectivity index (χ3n) is 3.06. The van der Waals surface area contributed by atoms with Gasteiger partial charge in [0.05, 0.1) is 24.4 Å². The molecular formula is C12H12O3. The van der Waals surface area contributed by atoms with Gasteiger partial charge >= 0.3 is 5.97 Å². The van der Waals surface area contributed by atoms with Gasteiger partial charge in [-0.05, 0) is 18.6 Å². The van der Waals surface area contributed by atoms with E-state index in [1.54, 1.807) is 12.1 Å². The minimum absolute atomic E-state index is 0.236. The van der Waals surface area contributed by atoms with Crippen LogP contribution in [0.5, 0.6) is 0 Å². The smallest absolute Gasteiger partial charge is 0.338 e. The van der Waals surface area contributed by atoms with Gasteiger partial charge in [-0.3, -0.25) is 0 Å². The average Bonchev–Trinajstić information content (AvgIpc) is 2.91. The van der Waals surface area contributed by atoms with Gasteiger partial charge in [0, 0.05) is 5.92 Å². The molecule has 3 rings (SSSR count). The third kappa shape index (κ3) is 1.63. The second-order valence-electron chi connectivity index (χ2n) is 4.10. The van der Waals surface area contributed by atoms with Crippen LogP contribution in [0.3, 0.4) is 0 Å². The summed E-state index contributed by atoms with van der Waals surface area (Å²) in [7, 11) is 0. The van der Waals surface area contributed by atoms with Gasteiger partial charge in [0.15, 0.2) is 0 Å². The maximum Gasteiger partial charge on any atom is 0.338 e. The van der Waals surface area contributed by atoms with E-state index in [2.05, 4.69) is 0 Å². The van der Waals surface area contributed by atoms with Crippen molar-refractivity contribution in [3.8, 4) is 0 Å². The third-order valence-corrected chi connectivity index (χ3v) is 3.06. The first-order chi connectivity index (χ1) is 7.34. The Morgan fingerprint density at radius 3 is 2.80 bits per heavy atom. The standard InChI is InChI=1S/C12H12O3/c13-12(8-4-2-1-3-5-8)14-7-9-6-10-11(9)15-10/h1-5,9-11H,6-7H2/t9-,10-,11+/m1/s1. The number of epoxide rings is 1. The Morgan fingerprint density at radius 2 is 2.20 bits per heavy atom. The summed E-state index contributed by atoms with van der Waals surface area (Å²) in [5.41, 5.74) is 0.616. The molecule has 2 fully saturated rings. The quantitative estimate of drug-likeness (QED) is 0.555. The van der Waals surface area contributed by atoms with Gasteiger partial charge in [-0.1, -0.05) is 18.2 Å². The van der Waals surface area contributed by atoms with Crippen molar-refractivity contribution in [2.75, 3.05) is 6.61 Å². The molecule has 1 aromatic rings. The predicted octanol–water partition coefficient (Wildman–Crippen LogP) is 1.63. The summed E-state index contributed by atoms with van der Waals surface area (Å²) in [6.07, 6.45) is 1.91. The van der Waals surface area contributed by atoms with Crippen LogP contribution in [0, 0.1) is 5.92 Å². The molecule has 0 unspecified atom stereocenters. The van der Waals surface area contributed by atoms with E-state index in [-0.39, 0.29) is 5.97 Å². The number of ether oxygens (including phenoxy) is 2. The first-order valence-corrected chi connectivity index (χ1v) is 5.22. The Labute approximate surface area is 88.0 Å². The molecule has 0 aromatic heterocycles. The fourth-order valence-electron chi connectivity index (χ4n) is 2.00. The molecule has 1 saturated carbocycles. The lowest BCUT2D eigenvalue weighted by atomic mass is 9.86. The SMILES string of the molecule is O=C(OC[C@H]1C[C@H]2O[C@@H]12)c1ccccc1. The molecule has 1 saturated heterocycles. The summed E-state index contributed by atoms with van der Waals surface area (Å²) in [5, 5.41) is 0. The van der Waals surface area contributed by atoms with Crippen molar-refractivity contribution in [1.29, 1.82) is 0 Å². The number of rotatable bonds is 3. The Kier molecular flexibility index (Phi) is 1.99. The van der Waals surface area contributed by atoms with Crippen molar-refractivity contribution >= 4 is 5.97 Å². The molecule has 1 heterocycles. The minimum atomic E-state index is -0.236. The van der Waals surface area contributed by atoms with Crippen LogP contribution < -0.4 is 0 Å². The average molecular weight is 204 g/mol. The second kappa shape index (κ2) is 3.35. The summed E-state index contributed by atoms with van der Waals surface area (Å²) in [6, 6.07) is 9.07. The van der Waals surface area contributed by atoms with E-state index in [0.717, 1.165) is 6.42 Å². The molecule has 0 spiro atoms. The van der Waals surface area contributed by atoms with E-state index >= 15 is 0 Å². The molecule has 78 valence electrons. The first-order valence-electron chi connectivity index (χ1n) is 5.22. The highest BCUT2D eigenvalue weighted by molar-refractivity contribution is 5.89. The van der Waals surface area contributed by atoms with Crippen LogP contribution in [0.15, 0.2) is 30.3 Å². The lowest BCUT2D eigenvalue weighted by Gasteiger charge is -2.19. The van der Waals surface area contributed by atoms with Gasteiger partial charge in [-0.15, -0.1) is 0 Å². The van der Waals surface area contributed by atoms with Gasteiger partial charge in [-0.25, -0.2) is 4.79 Å². The maximum absolute atomic E-state index is 11.5. The highest BCUT2D eigenvalue weighted by Crippen LogP contribution is 2.46. The van der Waals surface area contributed by atoms with E-state index in [9.17, 15) is 4.79 Å². The number of fused-ring (bicyclic) bond motifs is 1. The normalized spacial score (nSPS) is 31.3. The van der Waals surface area contributed by atoms with Crippen LogP contribution in [0.25, 0.3) is 0 Å². The Hall–Kier alpha value is -1.35. The molecule has 0 bridgehead atoms. The highest BCUT2D eigenvalue weighted by atomic mass is 16.6. The van der Waals surface area contributed by atoms with Crippen LogP contribution in [0.4, 0.5) is 0 Å². The van der Waals surface area contributed by atoms with Crippen molar-refractivity contribution < 1.29 is 14.3 Å². The number of carbonyl (C=O) groups is 1. The zero-order chi connectivity index (χ0) is 10.3. The van der Waals surface area contributed by atoms with Crippen LogP contribution in [-0.2, 0) is 9.47 Å². The molecular weight excluding hydrogens is 192 g/mol. The zero-order valence-corrected chi connectivity index (χ0v) is 8.26. The van der Waals surface area contributed by atoms with Gasteiger partial charge in [0.2, 0.25) is 0 Å².